The van der Waals surface area contributed by atoms with Gasteiger partial charge in [0.25, 0.3) is 0 Å². The third-order valence-corrected chi connectivity index (χ3v) is 7.72. The van der Waals surface area contributed by atoms with Gasteiger partial charge in [0.2, 0.25) is 21.8 Å². The van der Waals surface area contributed by atoms with E-state index in [2.05, 4.69) is 5.32 Å². The van der Waals surface area contributed by atoms with Gasteiger partial charge in [0.05, 0.1) is 19.1 Å². The van der Waals surface area contributed by atoms with Crippen molar-refractivity contribution >= 4 is 39.1 Å². The largest absolute Gasteiger partial charge is 0.495 e. The fourth-order valence-electron chi connectivity index (χ4n) is 4.33. The van der Waals surface area contributed by atoms with Gasteiger partial charge in [0, 0.05) is 38.0 Å². The predicted octanol–water partition coefficient (Wildman–Crippen LogP) is 4.28. The molecule has 10 heteroatoms. The molecule has 0 bridgehead atoms. The van der Waals surface area contributed by atoms with Gasteiger partial charge in [-0.2, -0.15) is 0 Å². The maximum absolute atomic E-state index is 13.7. The summed E-state index contributed by atoms with van der Waals surface area (Å²) in [5.41, 5.74) is 2.14. The van der Waals surface area contributed by atoms with Crippen LogP contribution >= 0.6 is 11.6 Å². The minimum Gasteiger partial charge on any atom is -0.495 e. The van der Waals surface area contributed by atoms with Crippen molar-refractivity contribution in [3.63, 3.8) is 0 Å². The summed E-state index contributed by atoms with van der Waals surface area (Å²) in [7, 11) is -0.625. The number of ether oxygens (including phenoxy) is 1. The lowest BCUT2D eigenvalue weighted by Gasteiger charge is -2.31. The Morgan fingerprint density at radius 2 is 1.59 bits per heavy atom. The summed E-state index contributed by atoms with van der Waals surface area (Å²) in [5.74, 6) is -0.128. The van der Waals surface area contributed by atoms with E-state index in [0.717, 1.165) is 17.4 Å². The lowest BCUT2D eigenvalue weighted by molar-refractivity contribution is -0.141. The molecule has 3 aromatic rings. The quantitative estimate of drug-likeness (QED) is 0.330. The third kappa shape index (κ3) is 8.46. The maximum Gasteiger partial charge on any atom is 0.242 e. The molecule has 0 saturated carbocycles. The summed E-state index contributed by atoms with van der Waals surface area (Å²) in [6.07, 6.45) is 1.73. The van der Waals surface area contributed by atoms with Gasteiger partial charge in [0.1, 0.15) is 11.8 Å². The number of hydrogen-bond donors (Lipinski definition) is 1. The second kappa shape index (κ2) is 14.0. The topological polar surface area (TPSA) is 96.0 Å². The van der Waals surface area contributed by atoms with E-state index >= 15 is 0 Å². The molecule has 0 radical (unpaired) electrons. The summed E-state index contributed by atoms with van der Waals surface area (Å²) in [5, 5.41) is 3.26. The van der Waals surface area contributed by atoms with E-state index in [1.54, 1.807) is 48.3 Å². The van der Waals surface area contributed by atoms with E-state index in [-0.39, 0.29) is 37.7 Å². The van der Waals surface area contributed by atoms with Gasteiger partial charge >= 0.3 is 0 Å². The SMILES string of the molecule is CNC(=O)[C@@H](Cc1ccccc1)N(Cc1ccc(Cl)cc1)C(=O)CCCN(c1ccccc1OC)S(C)(=O)=O. The molecule has 0 fully saturated rings. The average Bonchev–Trinajstić information content (AvgIpc) is 2.93. The first-order chi connectivity index (χ1) is 18.6. The molecule has 0 aliphatic heterocycles. The van der Waals surface area contributed by atoms with E-state index < -0.39 is 16.1 Å². The van der Waals surface area contributed by atoms with Crippen LogP contribution in [0, 0.1) is 0 Å². The molecule has 39 heavy (non-hydrogen) atoms. The summed E-state index contributed by atoms with van der Waals surface area (Å²) in [4.78, 5) is 28.3. The number of amides is 2. The van der Waals surface area contributed by atoms with Crippen molar-refractivity contribution in [3.8, 4) is 5.75 Å². The summed E-state index contributed by atoms with van der Waals surface area (Å²) >= 11 is 6.05. The highest BCUT2D eigenvalue weighted by Crippen LogP contribution is 2.30. The fourth-order valence-corrected chi connectivity index (χ4v) is 5.42. The normalized spacial score (nSPS) is 11.9. The highest BCUT2D eigenvalue weighted by molar-refractivity contribution is 7.92. The summed E-state index contributed by atoms with van der Waals surface area (Å²) in [6, 6.07) is 22.7. The molecule has 0 saturated heterocycles. The second-order valence-corrected chi connectivity index (χ2v) is 11.4. The van der Waals surface area contributed by atoms with Crippen molar-refractivity contribution in [3.05, 3.63) is 95.0 Å². The van der Waals surface area contributed by atoms with Crippen LogP contribution in [0.5, 0.6) is 5.75 Å². The molecule has 0 spiro atoms. The predicted molar refractivity (Wildman–Crippen MR) is 154 cm³/mol. The zero-order valence-electron chi connectivity index (χ0n) is 22.3. The second-order valence-electron chi connectivity index (χ2n) is 9.08. The third-order valence-electron chi connectivity index (χ3n) is 6.29. The number of nitrogens with zero attached hydrogens (tertiary/aromatic N) is 2. The highest BCUT2D eigenvalue weighted by Gasteiger charge is 2.30. The van der Waals surface area contributed by atoms with Crippen LogP contribution in [-0.2, 0) is 32.6 Å². The molecule has 0 aromatic heterocycles. The Morgan fingerprint density at radius 3 is 2.21 bits per heavy atom. The molecule has 3 rings (SSSR count). The molecule has 2 amide bonds. The summed E-state index contributed by atoms with van der Waals surface area (Å²) < 4.78 is 31.9. The number of carbonyl (C=O) groups is 2. The van der Waals surface area contributed by atoms with E-state index in [0.29, 0.717) is 22.9 Å². The van der Waals surface area contributed by atoms with E-state index in [1.807, 2.05) is 42.5 Å². The van der Waals surface area contributed by atoms with Crippen molar-refractivity contribution in [2.75, 3.05) is 31.3 Å². The molecule has 8 nitrogen and oxygen atoms in total. The van der Waals surface area contributed by atoms with Gasteiger partial charge in [-0.3, -0.25) is 13.9 Å². The first-order valence-corrected chi connectivity index (χ1v) is 14.8. The summed E-state index contributed by atoms with van der Waals surface area (Å²) in [6.45, 7) is 0.270. The minimum atomic E-state index is -3.64. The standard InChI is InChI=1S/C29H34ClN3O5S/c1-31-29(35)26(20-22-10-5-4-6-11-22)32(21-23-15-17-24(30)18-16-23)28(34)14-9-19-33(39(3,36)37)25-12-7-8-13-27(25)38-2/h4-8,10-13,15-18,26H,9,14,19-21H2,1-3H3,(H,31,35)/t26-/m1/s1. The number of sulfonamides is 1. The number of para-hydroxylation sites is 2. The van der Waals surface area contributed by atoms with Gasteiger partial charge in [-0.1, -0.05) is 66.2 Å². The van der Waals surface area contributed by atoms with Crippen LogP contribution in [0.15, 0.2) is 78.9 Å². The number of halogens is 1. The monoisotopic (exact) mass is 571 g/mol. The molecule has 3 aromatic carbocycles. The Morgan fingerprint density at radius 1 is 0.949 bits per heavy atom. The first-order valence-electron chi connectivity index (χ1n) is 12.5. The lowest BCUT2D eigenvalue weighted by Crippen LogP contribution is -2.49. The number of anilines is 1. The van der Waals surface area contributed by atoms with Crippen LogP contribution < -0.4 is 14.4 Å². The number of rotatable bonds is 13. The van der Waals surface area contributed by atoms with Crippen molar-refractivity contribution in [1.82, 2.24) is 10.2 Å². The number of carbonyl (C=O) groups excluding carboxylic acids is 2. The Balaban J connectivity index is 1.85. The number of benzene rings is 3. The van der Waals surface area contributed by atoms with Crippen LogP contribution in [0.3, 0.4) is 0 Å². The highest BCUT2D eigenvalue weighted by atomic mass is 35.5. The molecule has 0 aliphatic rings. The Bertz CT molecular complexity index is 1350. The Labute approximate surface area is 235 Å². The zero-order chi connectivity index (χ0) is 28.4. The molecule has 0 heterocycles. The van der Waals surface area contributed by atoms with Crippen molar-refractivity contribution in [2.45, 2.75) is 31.8 Å². The van der Waals surface area contributed by atoms with Gasteiger partial charge in [-0.05, 0) is 41.8 Å². The molecule has 208 valence electrons. The smallest absolute Gasteiger partial charge is 0.242 e. The van der Waals surface area contributed by atoms with Gasteiger partial charge in [-0.25, -0.2) is 8.42 Å². The van der Waals surface area contributed by atoms with E-state index in [4.69, 9.17) is 16.3 Å². The number of methoxy groups -OCH3 is 1. The molecule has 0 aliphatic carbocycles. The van der Waals surface area contributed by atoms with E-state index in [9.17, 15) is 18.0 Å². The molecular weight excluding hydrogens is 538 g/mol. The molecule has 0 unspecified atom stereocenters. The zero-order valence-corrected chi connectivity index (χ0v) is 23.9. The van der Waals surface area contributed by atoms with Crippen LogP contribution in [0.4, 0.5) is 5.69 Å². The van der Waals surface area contributed by atoms with E-state index in [1.165, 1.54) is 11.4 Å². The van der Waals surface area contributed by atoms with Gasteiger partial charge in [0.15, 0.2) is 0 Å². The first kappa shape index (κ1) is 30.0. The lowest BCUT2D eigenvalue weighted by atomic mass is 10.0. The minimum absolute atomic E-state index is 0.0387. The fraction of sp³-hybridized carbons (Fsp3) is 0.310. The molecular formula is C29H34ClN3O5S. The Hall–Kier alpha value is -3.56. The van der Waals surface area contributed by atoms with Crippen molar-refractivity contribution in [2.24, 2.45) is 0 Å². The number of nitrogens with one attached hydrogen (secondary N) is 1. The average molecular weight is 572 g/mol. The Kier molecular flexibility index (Phi) is 10.8. The maximum atomic E-state index is 13.7. The van der Waals surface area contributed by atoms with Crippen molar-refractivity contribution in [1.29, 1.82) is 0 Å². The number of likely N-dealkylation sites (N-methyl/N-ethyl adjacent to an activating group) is 1. The van der Waals surface area contributed by atoms with Crippen LogP contribution in [-0.4, -0.2) is 58.1 Å². The van der Waals surface area contributed by atoms with Crippen LogP contribution in [0.25, 0.3) is 0 Å². The molecule has 1 atom stereocenters. The number of hydrogen-bond acceptors (Lipinski definition) is 5. The van der Waals surface area contributed by atoms with Crippen LogP contribution in [0.1, 0.15) is 24.0 Å². The van der Waals surface area contributed by atoms with Crippen LogP contribution in [0.2, 0.25) is 5.02 Å². The van der Waals surface area contributed by atoms with Gasteiger partial charge < -0.3 is 15.0 Å². The molecule has 1 N–H and O–H groups in total. The van der Waals surface area contributed by atoms with Crippen molar-refractivity contribution < 1.29 is 22.7 Å². The van der Waals surface area contributed by atoms with Gasteiger partial charge in [-0.15, -0.1) is 0 Å².